The van der Waals surface area contributed by atoms with Gasteiger partial charge in [0.15, 0.2) is 0 Å². The summed E-state index contributed by atoms with van der Waals surface area (Å²) in [4.78, 5) is 9.37. The zero-order valence-electron chi connectivity index (χ0n) is 11.3. The van der Waals surface area contributed by atoms with Gasteiger partial charge in [-0.25, -0.2) is 8.42 Å². The molecule has 116 valence electrons. The molecule has 0 aromatic heterocycles. The van der Waals surface area contributed by atoms with Gasteiger partial charge in [-0.05, 0) is 31.9 Å². The van der Waals surface area contributed by atoms with Crippen molar-refractivity contribution in [3.8, 4) is 0 Å². The van der Waals surface area contributed by atoms with E-state index in [1.165, 1.54) is 6.92 Å². The fraction of sp³-hybridized carbons (Fsp3) is 0.500. The lowest BCUT2D eigenvalue weighted by atomic mass is 9.97. The molecule has 0 aliphatic carbocycles. The molecule has 1 heterocycles. The van der Waals surface area contributed by atoms with E-state index in [0.29, 0.717) is 18.9 Å². The third-order valence-corrected chi connectivity index (χ3v) is 5.23. The van der Waals surface area contributed by atoms with Gasteiger partial charge in [0.25, 0.3) is 0 Å². The predicted octanol–water partition coefficient (Wildman–Crippen LogP) is 1.27. The smallest absolute Gasteiger partial charge is 0.306 e. The average molecular weight is 318 g/mol. The lowest BCUT2D eigenvalue weighted by Gasteiger charge is -2.35. The molecule has 1 aromatic rings. The number of nitrogens with zero attached hydrogens (tertiary/aromatic N) is 2. The fourth-order valence-electron chi connectivity index (χ4n) is 2.32. The molecule has 1 N–H and O–H groups in total. The zero-order chi connectivity index (χ0) is 15.8. The highest BCUT2D eigenvalue weighted by Gasteiger charge is 2.36. The van der Waals surface area contributed by atoms with Crippen molar-refractivity contribution in [1.82, 2.24) is 4.31 Å². The van der Waals surface area contributed by atoms with Crippen LogP contribution in [0.5, 0.6) is 0 Å². The Bertz CT molecular complexity index is 674. The first-order chi connectivity index (χ1) is 9.63. The van der Waals surface area contributed by atoms with Crippen molar-refractivity contribution < 1.29 is 22.8 Å². The molecule has 0 saturated carbocycles. The first kappa shape index (κ1) is 15.8. The number of benzene rings is 1. The lowest BCUT2D eigenvalue weighted by Crippen LogP contribution is -2.48. The van der Waals surface area contributed by atoms with Crippen molar-refractivity contribution in [2.75, 3.05) is 13.1 Å². The molecule has 0 amide bonds. The van der Waals surface area contributed by atoms with E-state index in [1.807, 2.05) is 0 Å². The van der Waals surface area contributed by atoms with Crippen molar-refractivity contribution in [2.45, 2.75) is 30.3 Å². The van der Waals surface area contributed by atoms with Gasteiger partial charge in [0.1, 0.15) is 0 Å². The molecule has 1 aliphatic rings. The van der Waals surface area contributed by atoms with Crippen LogP contribution in [-0.2, 0) is 10.0 Å². The molecule has 0 radical (unpaired) electrons. The van der Waals surface area contributed by atoms with Gasteiger partial charge in [0.2, 0.25) is 15.8 Å². The number of hydrogen-bond donors (Lipinski definition) is 1. The molecule has 0 spiro atoms. The maximum atomic E-state index is 13.3. The summed E-state index contributed by atoms with van der Waals surface area (Å²) in [5.74, 6) is -1.09. The molecular formula is C12H15FN2O5S. The highest BCUT2D eigenvalue weighted by molar-refractivity contribution is 7.89. The Morgan fingerprint density at radius 2 is 2.14 bits per heavy atom. The zero-order valence-corrected chi connectivity index (χ0v) is 12.1. The second-order valence-electron chi connectivity index (χ2n) is 5.31. The number of hydrogen-bond acceptors (Lipinski definition) is 5. The summed E-state index contributed by atoms with van der Waals surface area (Å²) in [6.45, 7) is 1.64. The summed E-state index contributed by atoms with van der Waals surface area (Å²) >= 11 is 0. The Balaban J connectivity index is 2.40. The third-order valence-electron chi connectivity index (χ3n) is 3.39. The minimum atomic E-state index is -4.00. The third kappa shape index (κ3) is 3.20. The van der Waals surface area contributed by atoms with Crippen LogP contribution in [0.4, 0.5) is 10.1 Å². The van der Waals surface area contributed by atoms with Gasteiger partial charge in [0, 0.05) is 19.2 Å². The van der Waals surface area contributed by atoms with Crippen LogP contribution in [0.3, 0.4) is 0 Å². The molecule has 1 aliphatic heterocycles. The molecule has 1 saturated heterocycles. The van der Waals surface area contributed by atoms with E-state index in [9.17, 15) is 28.0 Å². The van der Waals surface area contributed by atoms with E-state index in [0.717, 1.165) is 16.4 Å². The molecule has 1 fully saturated rings. The van der Waals surface area contributed by atoms with E-state index in [4.69, 9.17) is 0 Å². The van der Waals surface area contributed by atoms with E-state index in [2.05, 4.69) is 0 Å². The number of aliphatic hydroxyl groups is 1. The summed E-state index contributed by atoms with van der Waals surface area (Å²) in [5.41, 5.74) is -2.03. The molecular weight excluding hydrogens is 303 g/mol. The van der Waals surface area contributed by atoms with E-state index >= 15 is 0 Å². The molecule has 1 aromatic carbocycles. The summed E-state index contributed by atoms with van der Waals surface area (Å²) in [5, 5.41) is 20.7. The number of nitro benzene ring substituents is 1. The molecule has 7 nitrogen and oxygen atoms in total. The van der Waals surface area contributed by atoms with E-state index < -0.39 is 32.1 Å². The van der Waals surface area contributed by atoms with Crippen molar-refractivity contribution in [3.05, 3.63) is 34.1 Å². The number of β-amino-alcohol motifs (C(OH)–C–C–N with tert-alkyl or cyclic N) is 1. The van der Waals surface area contributed by atoms with Crippen molar-refractivity contribution in [3.63, 3.8) is 0 Å². The number of piperidine rings is 1. The van der Waals surface area contributed by atoms with Crippen molar-refractivity contribution >= 4 is 15.7 Å². The van der Waals surface area contributed by atoms with Crippen molar-refractivity contribution in [2.24, 2.45) is 0 Å². The normalized spacial score (nSPS) is 24.0. The average Bonchev–Trinajstić information content (AvgIpc) is 2.37. The molecule has 1 unspecified atom stereocenters. The summed E-state index contributed by atoms with van der Waals surface area (Å²) in [7, 11) is -4.00. The summed E-state index contributed by atoms with van der Waals surface area (Å²) in [6.07, 6.45) is 0.956. The molecule has 9 heteroatoms. The SMILES string of the molecule is CC1(O)CCCN(S(=O)(=O)c2ccc(F)c([N+](=O)[O-])c2)C1. The maximum Gasteiger partial charge on any atom is 0.306 e. The van der Waals surface area contributed by atoms with Crippen LogP contribution in [0.25, 0.3) is 0 Å². The monoisotopic (exact) mass is 318 g/mol. The number of rotatable bonds is 3. The predicted molar refractivity (Wildman–Crippen MR) is 71.7 cm³/mol. The lowest BCUT2D eigenvalue weighted by molar-refractivity contribution is -0.387. The topological polar surface area (TPSA) is 101 Å². The second-order valence-corrected chi connectivity index (χ2v) is 7.25. The van der Waals surface area contributed by atoms with Gasteiger partial charge < -0.3 is 5.11 Å². The highest BCUT2D eigenvalue weighted by Crippen LogP contribution is 2.28. The van der Waals surface area contributed by atoms with Gasteiger partial charge >= 0.3 is 5.69 Å². The Hall–Kier alpha value is -1.58. The van der Waals surface area contributed by atoms with E-state index in [1.54, 1.807) is 0 Å². The Morgan fingerprint density at radius 3 is 2.71 bits per heavy atom. The quantitative estimate of drug-likeness (QED) is 0.668. The van der Waals surface area contributed by atoms with Crippen LogP contribution in [0, 0.1) is 15.9 Å². The number of nitro groups is 1. The number of halogens is 1. The van der Waals surface area contributed by atoms with Gasteiger partial charge in [-0.15, -0.1) is 0 Å². The molecule has 1 atom stereocenters. The van der Waals surface area contributed by atoms with Crippen LogP contribution < -0.4 is 0 Å². The van der Waals surface area contributed by atoms with Gasteiger partial charge in [-0.1, -0.05) is 0 Å². The second kappa shape index (κ2) is 5.32. The Kier molecular flexibility index (Phi) is 4.00. The minimum absolute atomic E-state index is 0.0967. The first-order valence-corrected chi connectivity index (χ1v) is 7.74. The summed E-state index contributed by atoms with van der Waals surface area (Å²) in [6, 6.07) is 2.45. The van der Waals surface area contributed by atoms with Gasteiger partial charge in [-0.3, -0.25) is 10.1 Å². The van der Waals surface area contributed by atoms with E-state index in [-0.39, 0.29) is 18.0 Å². The first-order valence-electron chi connectivity index (χ1n) is 6.30. The van der Waals surface area contributed by atoms with Crippen LogP contribution in [-0.4, -0.2) is 41.4 Å². The Labute approximate surface area is 121 Å². The van der Waals surface area contributed by atoms with Crippen LogP contribution in [0.15, 0.2) is 23.1 Å². The highest BCUT2D eigenvalue weighted by atomic mass is 32.2. The largest absolute Gasteiger partial charge is 0.389 e. The van der Waals surface area contributed by atoms with Gasteiger partial charge in [-0.2, -0.15) is 8.70 Å². The minimum Gasteiger partial charge on any atom is -0.389 e. The Morgan fingerprint density at radius 1 is 1.48 bits per heavy atom. The van der Waals surface area contributed by atoms with Crippen molar-refractivity contribution in [1.29, 1.82) is 0 Å². The maximum absolute atomic E-state index is 13.3. The number of sulfonamides is 1. The fourth-order valence-corrected chi connectivity index (χ4v) is 3.94. The molecule has 0 bridgehead atoms. The van der Waals surface area contributed by atoms with Gasteiger partial charge in [0.05, 0.1) is 15.4 Å². The standard InChI is InChI=1S/C12H15FN2O5S/c1-12(16)5-2-6-14(8-12)21(19,20)9-3-4-10(13)11(7-9)15(17)18/h3-4,7,16H,2,5-6,8H2,1H3. The molecule has 2 rings (SSSR count). The van der Waals surface area contributed by atoms with Crippen LogP contribution in [0.1, 0.15) is 19.8 Å². The summed E-state index contributed by atoms with van der Waals surface area (Å²) < 4.78 is 39.2. The van der Waals surface area contributed by atoms with Crippen LogP contribution in [0.2, 0.25) is 0 Å². The van der Waals surface area contributed by atoms with Crippen LogP contribution >= 0.6 is 0 Å². The molecule has 21 heavy (non-hydrogen) atoms.